The average Bonchev–Trinajstić information content (AvgIpc) is 2.95. The Morgan fingerprint density at radius 1 is 1.35 bits per heavy atom. The number of rotatable bonds is 5. The van der Waals surface area contributed by atoms with Gasteiger partial charge in [0, 0.05) is 19.6 Å². The van der Waals surface area contributed by atoms with Crippen LogP contribution in [0.2, 0.25) is 0 Å². The number of nitrogens with two attached hydrogens (primary N) is 1. The van der Waals surface area contributed by atoms with Gasteiger partial charge in [0.1, 0.15) is 0 Å². The molecule has 1 aromatic rings. The van der Waals surface area contributed by atoms with Gasteiger partial charge in [0.2, 0.25) is 5.91 Å². The van der Waals surface area contributed by atoms with E-state index in [0.29, 0.717) is 18.4 Å². The molecule has 2 atom stereocenters. The van der Waals surface area contributed by atoms with Crippen molar-refractivity contribution >= 4 is 5.91 Å². The van der Waals surface area contributed by atoms with Crippen LogP contribution >= 0.6 is 0 Å². The maximum Gasteiger partial charge on any atom is 0.227 e. The van der Waals surface area contributed by atoms with Crippen LogP contribution in [0.5, 0.6) is 0 Å². The fraction of sp³-hybridized carbons (Fsp3) is 0.588. The molecule has 1 amide bonds. The van der Waals surface area contributed by atoms with Gasteiger partial charge in [-0.05, 0) is 30.2 Å². The fourth-order valence-electron chi connectivity index (χ4n) is 2.96. The second kappa shape index (κ2) is 6.89. The van der Waals surface area contributed by atoms with Gasteiger partial charge in [0.25, 0.3) is 0 Å². The second-order valence-electron chi connectivity index (χ2n) is 6.20. The van der Waals surface area contributed by atoms with Gasteiger partial charge in [-0.2, -0.15) is 0 Å². The van der Waals surface area contributed by atoms with E-state index in [1.54, 1.807) is 0 Å². The predicted molar refractivity (Wildman–Crippen MR) is 82.2 cm³/mol. The Kier molecular flexibility index (Phi) is 5.18. The minimum Gasteiger partial charge on any atom is -0.342 e. The molecule has 0 radical (unpaired) electrons. The minimum atomic E-state index is -0.0803. The zero-order valence-corrected chi connectivity index (χ0v) is 12.6. The number of amides is 1. The van der Waals surface area contributed by atoms with Crippen LogP contribution in [0.3, 0.4) is 0 Å². The highest BCUT2D eigenvalue weighted by Gasteiger charge is 2.31. The van der Waals surface area contributed by atoms with Crippen molar-refractivity contribution in [2.45, 2.75) is 26.7 Å². The van der Waals surface area contributed by atoms with E-state index in [2.05, 4.69) is 26.0 Å². The molecule has 0 aromatic heterocycles. The van der Waals surface area contributed by atoms with Crippen molar-refractivity contribution in [3.05, 3.63) is 35.9 Å². The van der Waals surface area contributed by atoms with Crippen molar-refractivity contribution in [2.24, 2.45) is 23.5 Å². The Morgan fingerprint density at radius 2 is 2.05 bits per heavy atom. The van der Waals surface area contributed by atoms with E-state index in [4.69, 9.17) is 5.73 Å². The van der Waals surface area contributed by atoms with Crippen LogP contribution in [0.25, 0.3) is 0 Å². The molecule has 20 heavy (non-hydrogen) atoms. The van der Waals surface area contributed by atoms with E-state index >= 15 is 0 Å². The number of hydrogen-bond acceptors (Lipinski definition) is 2. The first kappa shape index (κ1) is 15.0. The second-order valence-corrected chi connectivity index (χ2v) is 6.20. The van der Waals surface area contributed by atoms with Gasteiger partial charge in [0.05, 0.1) is 5.92 Å². The Balaban J connectivity index is 1.96. The number of carbonyl (C=O) groups excluding carboxylic acids is 1. The Hall–Kier alpha value is -1.35. The third-order valence-electron chi connectivity index (χ3n) is 4.44. The molecule has 2 unspecified atom stereocenters. The smallest absolute Gasteiger partial charge is 0.227 e. The third-order valence-corrected chi connectivity index (χ3v) is 4.44. The molecule has 0 spiro atoms. The third kappa shape index (κ3) is 3.60. The Labute approximate surface area is 122 Å². The van der Waals surface area contributed by atoms with E-state index in [9.17, 15) is 4.79 Å². The lowest BCUT2D eigenvalue weighted by Gasteiger charge is -2.23. The highest BCUT2D eigenvalue weighted by Crippen LogP contribution is 2.25. The number of nitrogens with zero attached hydrogens (tertiary/aromatic N) is 1. The summed E-state index contributed by atoms with van der Waals surface area (Å²) in [5, 5.41) is 0. The fourth-order valence-corrected chi connectivity index (χ4v) is 2.96. The molecular weight excluding hydrogens is 248 g/mol. The molecule has 110 valence electrons. The zero-order chi connectivity index (χ0) is 14.5. The summed E-state index contributed by atoms with van der Waals surface area (Å²) in [5.41, 5.74) is 7.03. The zero-order valence-electron chi connectivity index (χ0n) is 12.6. The molecule has 1 aliphatic rings. The lowest BCUT2D eigenvalue weighted by atomic mass is 9.95. The summed E-state index contributed by atoms with van der Waals surface area (Å²) in [5.74, 6) is 1.45. The average molecular weight is 274 g/mol. The summed E-state index contributed by atoms with van der Waals surface area (Å²) < 4.78 is 0. The van der Waals surface area contributed by atoms with Crippen molar-refractivity contribution in [1.82, 2.24) is 4.90 Å². The van der Waals surface area contributed by atoms with E-state index in [1.165, 1.54) is 5.56 Å². The Bertz CT molecular complexity index is 430. The van der Waals surface area contributed by atoms with Crippen LogP contribution in [0.15, 0.2) is 30.3 Å². The standard InChI is InChI=1S/C17H26N2O/c1-13(2)15-8-9-19(12-15)17(20)16(11-18)10-14-6-4-3-5-7-14/h3-7,13,15-16H,8-12,18H2,1-2H3. The number of hydrogen-bond donors (Lipinski definition) is 1. The molecule has 0 bridgehead atoms. The summed E-state index contributed by atoms with van der Waals surface area (Å²) in [4.78, 5) is 14.6. The maximum atomic E-state index is 12.6. The van der Waals surface area contributed by atoms with Gasteiger partial charge in [0.15, 0.2) is 0 Å². The number of likely N-dealkylation sites (tertiary alicyclic amines) is 1. The molecular formula is C17H26N2O. The molecule has 0 saturated carbocycles. The van der Waals surface area contributed by atoms with Crippen LogP contribution in [-0.4, -0.2) is 30.4 Å². The van der Waals surface area contributed by atoms with Crippen LogP contribution in [-0.2, 0) is 11.2 Å². The lowest BCUT2D eigenvalue weighted by molar-refractivity contribution is -0.134. The largest absolute Gasteiger partial charge is 0.342 e. The summed E-state index contributed by atoms with van der Waals surface area (Å²) in [6.45, 7) is 6.71. The van der Waals surface area contributed by atoms with Crippen molar-refractivity contribution in [2.75, 3.05) is 19.6 Å². The number of carbonyl (C=O) groups is 1. The summed E-state index contributed by atoms with van der Waals surface area (Å²) in [7, 11) is 0. The minimum absolute atomic E-state index is 0.0803. The molecule has 2 rings (SSSR count). The van der Waals surface area contributed by atoms with Crippen molar-refractivity contribution in [1.29, 1.82) is 0 Å². The van der Waals surface area contributed by atoms with Gasteiger partial charge in [-0.15, -0.1) is 0 Å². The lowest BCUT2D eigenvalue weighted by Crippen LogP contribution is -2.39. The van der Waals surface area contributed by atoms with Crippen LogP contribution < -0.4 is 5.73 Å². The molecule has 3 heteroatoms. The van der Waals surface area contributed by atoms with E-state index in [0.717, 1.165) is 25.9 Å². The van der Waals surface area contributed by atoms with Gasteiger partial charge in [-0.25, -0.2) is 0 Å². The van der Waals surface area contributed by atoms with Crippen LogP contribution in [0, 0.1) is 17.8 Å². The van der Waals surface area contributed by atoms with E-state index < -0.39 is 0 Å². The highest BCUT2D eigenvalue weighted by molar-refractivity contribution is 5.79. The van der Waals surface area contributed by atoms with Gasteiger partial charge in [-0.3, -0.25) is 4.79 Å². The highest BCUT2D eigenvalue weighted by atomic mass is 16.2. The normalized spacial score (nSPS) is 20.4. The molecule has 1 aromatic carbocycles. The molecule has 2 N–H and O–H groups in total. The summed E-state index contributed by atoms with van der Waals surface area (Å²) in [6.07, 6.45) is 1.88. The molecule has 1 fully saturated rings. The summed E-state index contributed by atoms with van der Waals surface area (Å²) >= 11 is 0. The van der Waals surface area contributed by atoms with E-state index in [1.807, 2.05) is 23.1 Å². The monoisotopic (exact) mass is 274 g/mol. The SMILES string of the molecule is CC(C)C1CCN(C(=O)C(CN)Cc2ccccc2)C1. The molecule has 1 heterocycles. The van der Waals surface area contributed by atoms with Crippen molar-refractivity contribution in [3.8, 4) is 0 Å². The topological polar surface area (TPSA) is 46.3 Å². The first-order valence-electron chi connectivity index (χ1n) is 7.64. The molecule has 1 aliphatic heterocycles. The van der Waals surface area contributed by atoms with Crippen molar-refractivity contribution < 1.29 is 4.79 Å². The van der Waals surface area contributed by atoms with E-state index in [-0.39, 0.29) is 11.8 Å². The first-order chi connectivity index (χ1) is 9.61. The first-order valence-corrected chi connectivity index (χ1v) is 7.64. The molecule has 1 saturated heterocycles. The Morgan fingerprint density at radius 3 is 2.60 bits per heavy atom. The molecule has 3 nitrogen and oxygen atoms in total. The predicted octanol–water partition coefficient (Wildman–Crippen LogP) is 2.31. The number of benzene rings is 1. The quantitative estimate of drug-likeness (QED) is 0.895. The summed E-state index contributed by atoms with van der Waals surface area (Å²) in [6, 6.07) is 10.2. The molecule has 0 aliphatic carbocycles. The van der Waals surface area contributed by atoms with Gasteiger partial charge in [-0.1, -0.05) is 44.2 Å². The van der Waals surface area contributed by atoms with Gasteiger partial charge >= 0.3 is 0 Å². The maximum absolute atomic E-state index is 12.6. The van der Waals surface area contributed by atoms with Crippen LogP contribution in [0.1, 0.15) is 25.8 Å². The van der Waals surface area contributed by atoms with Crippen molar-refractivity contribution in [3.63, 3.8) is 0 Å². The van der Waals surface area contributed by atoms with Crippen LogP contribution in [0.4, 0.5) is 0 Å². The van der Waals surface area contributed by atoms with Gasteiger partial charge < -0.3 is 10.6 Å².